The number of rotatable bonds is 5. The number of aryl methyl sites for hydroxylation is 3. The van der Waals surface area contributed by atoms with E-state index in [-0.39, 0.29) is 18.6 Å². The first-order valence-corrected chi connectivity index (χ1v) is 10.7. The summed E-state index contributed by atoms with van der Waals surface area (Å²) in [5.41, 5.74) is 4.05. The third kappa shape index (κ3) is 3.27. The van der Waals surface area contributed by atoms with Gasteiger partial charge in [-0.15, -0.1) is 22.7 Å². The van der Waals surface area contributed by atoms with E-state index in [0.717, 1.165) is 48.0 Å². The second-order valence-electron chi connectivity index (χ2n) is 6.90. The molecule has 0 aliphatic rings. The van der Waals surface area contributed by atoms with Crippen molar-refractivity contribution in [1.82, 2.24) is 20.1 Å². The van der Waals surface area contributed by atoms with Crippen LogP contribution in [0.1, 0.15) is 34.9 Å². The maximum absolute atomic E-state index is 12.5. The Morgan fingerprint density at radius 3 is 2.86 bits per heavy atom. The van der Waals surface area contributed by atoms with Gasteiger partial charge in [0.25, 0.3) is 5.91 Å². The smallest absolute Gasteiger partial charge is 0.258 e. The standard InChI is InChI=1S/C20H22N4O2S2/c1-10(18-11(2)23-24(5)12(18)3)21-17(25)9-26-15-8-16-19(22-13(4)28-16)20-14(15)6-7-27-20/h6-8,10H,9H2,1-5H3,(H,21,25). The van der Waals surface area contributed by atoms with E-state index in [2.05, 4.69) is 15.4 Å². The molecule has 0 fully saturated rings. The zero-order chi connectivity index (χ0) is 20.0. The molecule has 0 radical (unpaired) electrons. The van der Waals surface area contributed by atoms with Crippen LogP contribution in [0.25, 0.3) is 20.3 Å². The molecule has 1 unspecified atom stereocenters. The van der Waals surface area contributed by atoms with Gasteiger partial charge in [0.2, 0.25) is 0 Å². The summed E-state index contributed by atoms with van der Waals surface area (Å²) >= 11 is 3.28. The molecule has 0 aliphatic carbocycles. The molecule has 0 bridgehead atoms. The molecule has 4 aromatic rings. The Hall–Kier alpha value is -2.45. The van der Waals surface area contributed by atoms with E-state index in [9.17, 15) is 4.79 Å². The van der Waals surface area contributed by atoms with Crippen molar-refractivity contribution in [3.8, 4) is 5.75 Å². The predicted octanol–water partition coefficient (Wildman–Crippen LogP) is 4.43. The fourth-order valence-corrected chi connectivity index (χ4v) is 5.45. The van der Waals surface area contributed by atoms with Crippen molar-refractivity contribution in [1.29, 1.82) is 0 Å². The first-order chi connectivity index (χ1) is 13.3. The van der Waals surface area contributed by atoms with E-state index >= 15 is 0 Å². The molecular formula is C20H22N4O2S2. The number of carbonyl (C=O) groups is 1. The van der Waals surface area contributed by atoms with E-state index in [1.54, 1.807) is 22.7 Å². The van der Waals surface area contributed by atoms with Gasteiger partial charge in [0.05, 0.1) is 31.7 Å². The minimum atomic E-state index is -0.154. The largest absolute Gasteiger partial charge is 0.483 e. The summed E-state index contributed by atoms with van der Waals surface area (Å²) in [6.07, 6.45) is 0. The minimum Gasteiger partial charge on any atom is -0.483 e. The fraction of sp³-hybridized carbons (Fsp3) is 0.350. The van der Waals surface area contributed by atoms with Gasteiger partial charge in [-0.05, 0) is 39.1 Å². The van der Waals surface area contributed by atoms with Crippen LogP contribution in [0.15, 0.2) is 17.5 Å². The van der Waals surface area contributed by atoms with Crippen LogP contribution < -0.4 is 10.1 Å². The summed E-state index contributed by atoms with van der Waals surface area (Å²) in [5, 5.41) is 11.5. The van der Waals surface area contributed by atoms with E-state index in [1.165, 1.54) is 0 Å². The van der Waals surface area contributed by atoms with Crippen LogP contribution in [0.2, 0.25) is 0 Å². The Balaban J connectivity index is 1.51. The van der Waals surface area contributed by atoms with Crippen molar-refractivity contribution in [3.63, 3.8) is 0 Å². The molecule has 28 heavy (non-hydrogen) atoms. The number of fused-ring (bicyclic) bond motifs is 3. The van der Waals surface area contributed by atoms with Crippen molar-refractivity contribution < 1.29 is 9.53 Å². The minimum absolute atomic E-state index is 0.0308. The zero-order valence-corrected chi connectivity index (χ0v) is 18.1. The van der Waals surface area contributed by atoms with Gasteiger partial charge in [-0.3, -0.25) is 9.48 Å². The second-order valence-corrected chi connectivity index (χ2v) is 9.05. The molecule has 0 saturated heterocycles. The second kappa shape index (κ2) is 7.18. The summed E-state index contributed by atoms with van der Waals surface area (Å²) in [4.78, 5) is 17.1. The van der Waals surface area contributed by atoms with E-state index in [0.29, 0.717) is 0 Å². The van der Waals surface area contributed by atoms with Crippen LogP contribution in [-0.2, 0) is 11.8 Å². The van der Waals surface area contributed by atoms with E-state index in [1.807, 2.05) is 56.9 Å². The topological polar surface area (TPSA) is 69.0 Å². The van der Waals surface area contributed by atoms with Gasteiger partial charge in [0.1, 0.15) is 5.75 Å². The summed E-state index contributed by atoms with van der Waals surface area (Å²) < 4.78 is 9.93. The van der Waals surface area contributed by atoms with Gasteiger partial charge in [0, 0.05) is 29.8 Å². The van der Waals surface area contributed by atoms with Gasteiger partial charge in [-0.2, -0.15) is 5.10 Å². The molecule has 1 atom stereocenters. The van der Waals surface area contributed by atoms with Crippen molar-refractivity contribution in [2.45, 2.75) is 33.7 Å². The van der Waals surface area contributed by atoms with Gasteiger partial charge < -0.3 is 10.1 Å². The number of hydrogen-bond acceptors (Lipinski definition) is 6. The number of amides is 1. The third-order valence-electron chi connectivity index (χ3n) is 4.90. The molecule has 0 spiro atoms. The van der Waals surface area contributed by atoms with Crippen LogP contribution in [0.5, 0.6) is 5.75 Å². The Bertz CT molecular complexity index is 1190. The molecule has 6 nitrogen and oxygen atoms in total. The molecule has 1 N–H and O–H groups in total. The molecule has 1 aromatic carbocycles. The van der Waals surface area contributed by atoms with Crippen molar-refractivity contribution in [2.24, 2.45) is 7.05 Å². The number of hydrogen-bond donors (Lipinski definition) is 1. The number of carbonyl (C=O) groups excluding carboxylic acids is 1. The molecule has 146 valence electrons. The van der Waals surface area contributed by atoms with Crippen molar-refractivity contribution in [2.75, 3.05) is 6.61 Å². The van der Waals surface area contributed by atoms with E-state index < -0.39 is 0 Å². The Morgan fingerprint density at radius 1 is 1.36 bits per heavy atom. The number of benzene rings is 1. The average Bonchev–Trinajstić information content (AvgIpc) is 3.30. The number of thiazole rings is 1. The molecule has 4 rings (SSSR count). The molecule has 3 aromatic heterocycles. The van der Waals surface area contributed by atoms with Crippen molar-refractivity contribution in [3.05, 3.63) is 39.5 Å². The Kier molecular flexibility index (Phi) is 4.84. The lowest BCUT2D eigenvalue weighted by Crippen LogP contribution is -2.31. The lowest BCUT2D eigenvalue weighted by Gasteiger charge is -2.15. The number of nitrogens with zero attached hydrogens (tertiary/aromatic N) is 3. The highest BCUT2D eigenvalue weighted by molar-refractivity contribution is 7.21. The number of nitrogens with one attached hydrogen (secondary N) is 1. The molecular weight excluding hydrogens is 392 g/mol. The Labute approximate surface area is 171 Å². The van der Waals surface area contributed by atoms with Crippen LogP contribution in [0.3, 0.4) is 0 Å². The highest BCUT2D eigenvalue weighted by atomic mass is 32.1. The predicted molar refractivity (Wildman–Crippen MR) is 114 cm³/mol. The van der Waals surface area contributed by atoms with Crippen LogP contribution in [0, 0.1) is 20.8 Å². The molecule has 0 aliphatic heterocycles. The zero-order valence-electron chi connectivity index (χ0n) is 16.5. The normalized spacial score (nSPS) is 12.6. The highest BCUT2D eigenvalue weighted by Gasteiger charge is 2.19. The quantitative estimate of drug-likeness (QED) is 0.525. The third-order valence-corrected chi connectivity index (χ3v) is 6.74. The summed E-state index contributed by atoms with van der Waals surface area (Å²) in [6.45, 7) is 7.91. The number of aromatic nitrogens is 3. The van der Waals surface area contributed by atoms with Gasteiger partial charge in [-0.1, -0.05) is 0 Å². The highest BCUT2D eigenvalue weighted by Crippen LogP contribution is 2.38. The van der Waals surface area contributed by atoms with Crippen LogP contribution >= 0.6 is 22.7 Å². The maximum Gasteiger partial charge on any atom is 0.258 e. The molecule has 1 amide bonds. The fourth-order valence-electron chi connectivity index (χ4n) is 3.62. The number of ether oxygens (including phenoxy) is 1. The van der Waals surface area contributed by atoms with Crippen LogP contribution in [0.4, 0.5) is 0 Å². The van der Waals surface area contributed by atoms with E-state index in [4.69, 9.17) is 4.74 Å². The first kappa shape index (κ1) is 18.9. The average molecular weight is 415 g/mol. The first-order valence-electron chi connectivity index (χ1n) is 9.04. The van der Waals surface area contributed by atoms with Gasteiger partial charge >= 0.3 is 0 Å². The summed E-state index contributed by atoms with van der Waals surface area (Å²) in [7, 11) is 1.91. The molecule has 3 heterocycles. The van der Waals surface area contributed by atoms with Crippen LogP contribution in [-0.4, -0.2) is 27.3 Å². The lowest BCUT2D eigenvalue weighted by molar-refractivity contribution is -0.123. The van der Waals surface area contributed by atoms with Gasteiger partial charge in [0.15, 0.2) is 6.61 Å². The number of thiophene rings is 1. The molecule has 0 saturated carbocycles. The molecule has 8 heteroatoms. The summed E-state index contributed by atoms with van der Waals surface area (Å²) in [5.74, 6) is 0.572. The lowest BCUT2D eigenvalue weighted by atomic mass is 10.1. The Morgan fingerprint density at radius 2 is 2.14 bits per heavy atom. The monoisotopic (exact) mass is 414 g/mol. The maximum atomic E-state index is 12.5. The summed E-state index contributed by atoms with van der Waals surface area (Å²) in [6, 6.07) is 3.88. The van der Waals surface area contributed by atoms with Gasteiger partial charge in [-0.25, -0.2) is 4.98 Å². The van der Waals surface area contributed by atoms with Crippen molar-refractivity contribution >= 4 is 48.9 Å². The SMILES string of the molecule is Cc1nc2c(cc(OCC(=O)NC(C)c3c(C)nn(C)c3C)c3ccsc32)s1.